The number of hydrogen-bond donors (Lipinski definition) is 0. The Kier molecular flexibility index (Phi) is 4.10. The zero-order chi connectivity index (χ0) is 17.2. The molecule has 1 heterocycles. The normalized spacial score (nSPS) is 13.4. The quantitative estimate of drug-likeness (QED) is 0.624. The van der Waals surface area contributed by atoms with Crippen LogP contribution in [0.15, 0.2) is 72.8 Å². The van der Waals surface area contributed by atoms with E-state index in [1.165, 1.54) is 16.7 Å². The van der Waals surface area contributed by atoms with Crippen molar-refractivity contribution in [3.05, 3.63) is 78.4 Å². The second kappa shape index (κ2) is 6.56. The van der Waals surface area contributed by atoms with Gasteiger partial charge in [-0.05, 0) is 41.2 Å². The number of aryl methyl sites for hydroxylation is 1. The van der Waals surface area contributed by atoms with E-state index in [1.54, 1.807) is 6.92 Å². The van der Waals surface area contributed by atoms with Gasteiger partial charge in [-0.3, -0.25) is 4.79 Å². The monoisotopic (exact) mass is 327 g/mol. The summed E-state index contributed by atoms with van der Waals surface area (Å²) in [7, 11) is 0. The molecule has 0 spiro atoms. The lowest BCUT2D eigenvalue weighted by atomic mass is 9.92. The van der Waals surface area contributed by atoms with Crippen LogP contribution in [0.3, 0.4) is 0 Å². The minimum absolute atomic E-state index is 0.118. The predicted octanol–water partition coefficient (Wildman–Crippen LogP) is 5.32. The maximum atomic E-state index is 12.2. The van der Waals surface area contributed by atoms with E-state index in [0.717, 1.165) is 36.2 Å². The minimum Gasteiger partial charge on any atom is -0.312 e. The fourth-order valence-corrected chi connectivity index (χ4v) is 3.70. The molecule has 25 heavy (non-hydrogen) atoms. The van der Waals surface area contributed by atoms with Crippen molar-refractivity contribution in [3.63, 3.8) is 0 Å². The molecule has 4 rings (SSSR count). The maximum Gasteiger partial charge on any atom is 0.223 e. The van der Waals surface area contributed by atoms with Crippen LogP contribution in [0.1, 0.15) is 18.9 Å². The molecule has 0 aromatic heterocycles. The number of carbonyl (C=O) groups excluding carboxylic acids is 1. The summed E-state index contributed by atoms with van der Waals surface area (Å²) in [5.74, 6) is 0.118. The number of rotatable bonds is 2. The Hall–Kier alpha value is -2.87. The lowest BCUT2D eigenvalue weighted by molar-refractivity contribution is -0.116. The summed E-state index contributed by atoms with van der Waals surface area (Å²) in [5.41, 5.74) is 7.06. The first-order valence-corrected chi connectivity index (χ1v) is 8.80. The molecule has 2 heteroatoms. The smallest absolute Gasteiger partial charge is 0.223 e. The highest BCUT2D eigenvalue weighted by Crippen LogP contribution is 2.38. The van der Waals surface area contributed by atoms with Crippen LogP contribution >= 0.6 is 0 Å². The van der Waals surface area contributed by atoms with Gasteiger partial charge in [-0.25, -0.2) is 0 Å². The lowest BCUT2D eigenvalue weighted by Crippen LogP contribution is -2.34. The molecule has 0 saturated heterocycles. The van der Waals surface area contributed by atoms with Crippen molar-refractivity contribution >= 4 is 11.6 Å². The summed E-state index contributed by atoms with van der Waals surface area (Å²) in [4.78, 5) is 14.1. The number of fused-ring (bicyclic) bond motifs is 1. The summed E-state index contributed by atoms with van der Waals surface area (Å²) >= 11 is 0. The number of nitrogens with zero attached hydrogens (tertiary/aromatic N) is 1. The highest BCUT2D eigenvalue weighted by molar-refractivity contribution is 5.98. The molecule has 3 aromatic carbocycles. The van der Waals surface area contributed by atoms with Crippen LogP contribution in [0.5, 0.6) is 0 Å². The van der Waals surface area contributed by atoms with Crippen LogP contribution in [-0.2, 0) is 11.2 Å². The number of anilines is 1. The average molecular weight is 327 g/mol. The second-order valence-electron chi connectivity index (χ2n) is 6.53. The van der Waals surface area contributed by atoms with E-state index < -0.39 is 0 Å². The molecule has 0 N–H and O–H groups in total. The second-order valence-corrected chi connectivity index (χ2v) is 6.53. The molecular weight excluding hydrogens is 306 g/mol. The molecule has 0 radical (unpaired) electrons. The summed E-state index contributed by atoms with van der Waals surface area (Å²) in [6, 6.07) is 25.4. The first-order valence-electron chi connectivity index (χ1n) is 8.80. The summed E-state index contributed by atoms with van der Waals surface area (Å²) in [6.07, 6.45) is 2.06. The van der Waals surface area contributed by atoms with Crippen LogP contribution in [0.25, 0.3) is 22.3 Å². The van der Waals surface area contributed by atoms with Crippen molar-refractivity contribution in [2.75, 3.05) is 11.4 Å². The van der Waals surface area contributed by atoms with Gasteiger partial charge >= 0.3 is 0 Å². The molecule has 0 atom stereocenters. The molecule has 2 nitrogen and oxygen atoms in total. The van der Waals surface area contributed by atoms with E-state index in [9.17, 15) is 4.79 Å². The van der Waals surface area contributed by atoms with E-state index in [1.807, 2.05) is 11.0 Å². The Labute approximate surface area is 148 Å². The SMILES string of the molecule is CC(=O)N1CCCc2cccc(-c3cccc(-c4ccccc4)c3)c21. The average Bonchev–Trinajstić information content (AvgIpc) is 2.67. The Morgan fingerprint density at radius 1 is 0.840 bits per heavy atom. The number of para-hydroxylation sites is 1. The third-order valence-electron chi connectivity index (χ3n) is 4.88. The summed E-state index contributed by atoms with van der Waals surface area (Å²) in [5, 5.41) is 0. The van der Waals surface area contributed by atoms with E-state index in [-0.39, 0.29) is 5.91 Å². The van der Waals surface area contributed by atoms with Gasteiger partial charge in [-0.1, -0.05) is 66.7 Å². The molecule has 0 fully saturated rings. The molecule has 0 unspecified atom stereocenters. The molecule has 0 saturated carbocycles. The largest absolute Gasteiger partial charge is 0.312 e. The van der Waals surface area contributed by atoms with Gasteiger partial charge in [-0.15, -0.1) is 0 Å². The van der Waals surface area contributed by atoms with Crippen LogP contribution in [0.2, 0.25) is 0 Å². The highest BCUT2D eigenvalue weighted by Gasteiger charge is 2.23. The van der Waals surface area contributed by atoms with Crippen LogP contribution in [-0.4, -0.2) is 12.5 Å². The molecule has 0 bridgehead atoms. The highest BCUT2D eigenvalue weighted by atomic mass is 16.2. The van der Waals surface area contributed by atoms with Gasteiger partial charge in [0, 0.05) is 19.0 Å². The lowest BCUT2D eigenvalue weighted by Gasteiger charge is -2.31. The maximum absolute atomic E-state index is 12.2. The standard InChI is InChI=1S/C23H21NO/c1-17(25)24-15-7-13-19-10-6-14-22(23(19)24)21-12-5-11-20(16-21)18-8-3-2-4-9-18/h2-6,8-12,14,16H,7,13,15H2,1H3. The van der Waals surface area contributed by atoms with Crippen molar-refractivity contribution < 1.29 is 4.79 Å². The van der Waals surface area contributed by atoms with Gasteiger partial charge in [0.25, 0.3) is 0 Å². The number of benzene rings is 3. The minimum atomic E-state index is 0.118. The van der Waals surface area contributed by atoms with Gasteiger partial charge in [0.1, 0.15) is 0 Å². The first-order chi connectivity index (χ1) is 12.2. The summed E-state index contributed by atoms with van der Waals surface area (Å²) < 4.78 is 0. The molecule has 1 aliphatic heterocycles. The number of hydrogen-bond acceptors (Lipinski definition) is 1. The third kappa shape index (κ3) is 2.96. The fraction of sp³-hybridized carbons (Fsp3) is 0.174. The Bertz CT molecular complexity index is 914. The molecule has 1 amide bonds. The number of amides is 1. The summed E-state index contributed by atoms with van der Waals surface area (Å²) in [6.45, 7) is 2.46. The topological polar surface area (TPSA) is 20.3 Å². The van der Waals surface area contributed by atoms with E-state index in [2.05, 4.69) is 66.7 Å². The van der Waals surface area contributed by atoms with Crippen molar-refractivity contribution in [1.29, 1.82) is 0 Å². The Balaban J connectivity index is 1.85. The van der Waals surface area contributed by atoms with Gasteiger partial charge < -0.3 is 4.90 Å². The fourth-order valence-electron chi connectivity index (χ4n) is 3.70. The molecular formula is C23H21NO. The van der Waals surface area contributed by atoms with Gasteiger partial charge in [-0.2, -0.15) is 0 Å². The van der Waals surface area contributed by atoms with E-state index in [0.29, 0.717) is 0 Å². The van der Waals surface area contributed by atoms with E-state index in [4.69, 9.17) is 0 Å². The van der Waals surface area contributed by atoms with Crippen molar-refractivity contribution in [2.24, 2.45) is 0 Å². The Morgan fingerprint density at radius 3 is 2.36 bits per heavy atom. The third-order valence-corrected chi connectivity index (χ3v) is 4.88. The number of carbonyl (C=O) groups is 1. The predicted molar refractivity (Wildman–Crippen MR) is 104 cm³/mol. The van der Waals surface area contributed by atoms with E-state index >= 15 is 0 Å². The first kappa shape index (κ1) is 15.6. The van der Waals surface area contributed by atoms with Crippen LogP contribution in [0.4, 0.5) is 5.69 Å². The molecule has 3 aromatic rings. The van der Waals surface area contributed by atoms with Crippen molar-refractivity contribution in [1.82, 2.24) is 0 Å². The zero-order valence-corrected chi connectivity index (χ0v) is 14.4. The van der Waals surface area contributed by atoms with Gasteiger partial charge in [0.05, 0.1) is 5.69 Å². The van der Waals surface area contributed by atoms with Crippen LogP contribution in [0, 0.1) is 0 Å². The van der Waals surface area contributed by atoms with Crippen molar-refractivity contribution in [3.8, 4) is 22.3 Å². The Morgan fingerprint density at radius 2 is 1.56 bits per heavy atom. The van der Waals surface area contributed by atoms with Crippen LogP contribution < -0.4 is 4.90 Å². The van der Waals surface area contributed by atoms with Gasteiger partial charge in [0.2, 0.25) is 5.91 Å². The molecule has 124 valence electrons. The van der Waals surface area contributed by atoms with Gasteiger partial charge in [0.15, 0.2) is 0 Å². The molecule has 0 aliphatic carbocycles. The van der Waals surface area contributed by atoms with Crippen molar-refractivity contribution in [2.45, 2.75) is 19.8 Å². The zero-order valence-electron chi connectivity index (χ0n) is 14.4. The molecule has 1 aliphatic rings.